The maximum absolute atomic E-state index is 13.7. The highest BCUT2D eigenvalue weighted by Gasteiger charge is 2.22. The number of halogens is 4. The maximum atomic E-state index is 13.7. The lowest BCUT2D eigenvalue weighted by Gasteiger charge is -2.16. The summed E-state index contributed by atoms with van der Waals surface area (Å²) in [5.74, 6) is 1.40. The molecule has 1 atom stereocenters. The van der Waals surface area contributed by atoms with Crippen LogP contribution in [0.25, 0.3) is 0 Å². The van der Waals surface area contributed by atoms with E-state index in [1.807, 2.05) is 0 Å². The van der Waals surface area contributed by atoms with Gasteiger partial charge in [-0.1, -0.05) is 6.07 Å². The molecular weight excluding hydrogens is 329 g/mol. The first kappa shape index (κ1) is 13.5. The van der Waals surface area contributed by atoms with Crippen molar-refractivity contribution in [2.75, 3.05) is 0 Å². The molecule has 2 aromatic rings. The van der Waals surface area contributed by atoms with Crippen molar-refractivity contribution in [2.24, 2.45) is 5.84 Å². The number of thiophene rings is 1. The van der Waals surface area contributed by atoms with E-state index in [0.29, 0.717) is 5.56 Å². The van der Waals surface area contributed by atoms with Gasteiger partial charge in [0.2, 0.25) is 0 Å². The zero-order chi connectivity index (χ0) is 13.3. The van der Waals surface area contributed by atoms with Gasteiger partial charge in [0.25, 0.3) is 0 Å². The molecule has 1 unspecified atom stereocenters. The molecule has 0 amide bonds. The molecule has 1 aromatic carbocycles. The third kappa shape index (κ3) is 2.44. The van der Waals surface area contributed by atoms with Gasteiger partial charge >= 0.3 is 0 Å². The molecule has 3 N–H and O–H groups in total. The number of hydrazine groups is 1. The van der Waals surface area contributed by atoms with Crippen LogP contribution in [0.4, 0.5) is 13.2 Å². The van der Waals surface area contributed by atoms with Gasteiger partial charge in [-0.25, -0.2) is 18.6 Å². The van der Waals surface area contributed by atoms with Crippen LogP contribution in [-0.4, -0.2) is 0 Å². The molecule has 2 nitrogen and oxygen atoms in total. The van der Waals surface area contributed by atoms with Crippen LogP contribution in [0.2, 0.25) is 0 Å². The third-order valence-corrected chi connectivity index (χ3v) is 3.99. The molecule has 96 valence electrons. The van der Waals surface area contributed by atoms with Crippen molar-refractivity contribution < 1.29 is 13.2 Å². The molecule has 1 heterocycles. The Labute approximate surface area is 114 Å². The molecule has 0 radical (unpaired) electrons. The summed E-state index contributed by atoms with van der Waals surface area (Å²) in [5.41, 5.74) is 3.02. The van der Waals surface area contributed by atoms with Gasteiger partial charge in [0.05, 0.1) is 9.83 Å². The molecule has 0 aliphatic carbocycles. The Kier molecular flexibility index (Phi) is 4.06. The molecule has 0 spiro atoms. The van der Waals surface area contributed by atoms with E-state index in [1.54, 1.807) is 11.4 Å². The van der Waals surface area contributed by atoms with Gasteiger partial charge < -0.3 is 0 Å². The molecule has 0 bridgehead atoms. The SMILES string of the molecule is NNC(c1csc(Br)c1)c1ccc(F)c(F)c1F. The van der Waals surface area contributed by atoms with E-state index in [-0.39, 0.29) is 5.56 Å². The minimum atomic E-state index is -1.50. The van der Waals surface area contributed by atoms with Crippen LogP contribution in [0.15, 0.2) is 27.4 Å². The Morgan fingerprint density at radius 3 is 2.50 bits per heavy atom. The fourth-order valence-corrected chi connectivity index (χ4v) is 2.81. The zero-order valence-electron chi connectivity index (χ0n) is 8.88. The molecular formula is C11H8BrF3N2S. The largest absolute Gasteiger partial charge is 0.271 e. The van der Waals surface area contributed by atoms with Gasteiger partial charge in [-0.15, -0.1) is 11.3 Å². The number of benzene rings is 1. The van der Waals surface area contributed by atoms with Crippen LogP contribution < -0.4 is 11.3 Å². The van der Waals surface area contributed by atoms with Crippen molar-refractivity contribution >= 4 is 27.3 Å². The molecule has 0 aliphatic heterocycles. The number of nitrogens with one attached hydrogen (secondary N) is 1. The molecule has 2 rings (SSSR count). The van der Waals surface area contributed by atoms with Crippen molar-refractivity contribution in [2.45, 2.75) is 6.04 Å². The van der Waals surface area contributed by atoms with Gasteiger partial charge in [-0.2, -0.15) is 0 Å². The minimum Gasteiger partial charge on any atom is -0.271 e. The predicted octanol–water partition coefficient (Wildman–Crippen LogP) is 3.48. The standard InChI is InChI=1S/C11H8BrF3N2S/c12-8-3-5(4-18-8)11(17-16)6-1-2-7(13)10(15)9(6)14/h1-4,11,17H,16H2. The van der Waals surface area contributed by atoms with Crippen LogP contribution in [0.5, 0.6) is 0 Å². The number of nitrogens with two attached hydrogens (primary N) is 1. The highest BCUT2D eigenvalue weighted by atomic mass is 79.9. The quantitative estimate of drug-likeness (QED) is 0.511. The molecule has 0 fully saturated rings. The number of rotatable bonds is 3. The van der Waals surface area contributed by atoms with E-state index < -0.39 is 23.5 Å². The first-order valence-electron chi connectivity index (χ1n) is 4.88. The van der Waals surface area contributed by atoms with E-state index in [1.165, 1.54) is 17.4 Å². The van der Waals surface area contributed by atoms with Crippen LogP contribution in [-0.2, 0) is 0 Å². The molecule has 0 aliphatic rings. The van der Waals surface area contributed by atoms with E-state index in [4.69, 9.17) is 5.84 Å². The molecule has 7 heteroatoms. The van der Waals surface area contributed by atoms with Crippen molar-refractivity contribution in [1.82, 2.24) is 5.43 Å². The Morgan fingerprint density at radius 2 is 1.94 bits per heavy atom. The zero-order valence-corrected chi connectivity index (χ0v) is 11.3. The molecule has 0 saturated carbocycles. The first-order valence-corrected chi connectivity index (χ1v) is 6.55. The summed E-state index contributed by atoms with van der Waals surface area (Å²) >= 11 is 4.66. The number of hydrogen-bond donors (Lipinski definition) is 2. The highest BCUT2D eigenvalue weighted by Crippen LogP contribution is 2.31. The third-order valence-electron chi connectivity index (χ3n) is 2.46. The minimum absolute atomic E-state index is 0.0401. The van der Waals surface area contributed by atoms with E-state index in [2.05, 4.69) is 21.4 Å². The van der Waals surface area contributed by atoms with E-state index >= 15 is 0 Å². The van der Waals surface area contributed by atoms with Crippen molar-refractivity contribution in [1.29, 1.82) is 0 Å². The average Bonchev–Trinajstić information content (AvgIpc) is 2.77. The summed E-state index contributed by atoms with van der Waals surface area (Å²) in [7, 11) is 0. The lowest BCUT2D eigenvalue weighted by molar-refractivity contribution is 0.433. The van der Waals surface area contributed by atoms with Crippen molar-refractivity contribution in [3.63, 3.8) is 0 Å². The van der Waals surface area contributed by atoms with Crippen LogP contribution >= 0.6 is 27.3 Å². The monoisotopic (exact) mass is 336 g/mol. The lowest BCUT2D eigenvalue weighted by atomic mass is 10.0. The van der Waals surface area contributed by atoms with Crippen LogP contribution in [0.3, 0.4) is 0 Å². The predicted molar refractivity (Wildman–Crippen MR) is 67.5 cm³/mol. The summed E-state index contributed by atoms with van der Waals surface area (Å²) in [6.07, 6.45) is 0. The van der Waals surface area contributed by atoms with Crippen LogP contribution in [0, 0.1) is 17.5 Å². The van der Waals surface area contributed by atoms with E-state index in [0.717, 1.165) is 9.85 Å². The molecule has 1 aromatic heterocycles. The van der Waals surface area contributed by atoms with Gasteiger partial charge in [0.1, 0.15) is 0 Å². The second-order valence-corrected chi connectivity index (χ2v) is 5.84. The summed E-state index contributed by atoms with van der Waals surface area (Å²) in [6.45, 7) is 0. The summed E-state index contributed by atoms with van der Waals surface area (Å²) in [6, 6.07) is 3.04. The highest BCUT2D eigenvalue weighted by molar-refractivity contribution is 9.11. The van der Waals surface area contributed by atoms with Crippen molar-refractivity contribution in [3.8, 4) is 0 Å². The fraction of sp³-hybridized carbons (Fsp3) is 0.0909. The Balaban J connectivity index is 2.49. The fourth-order valence-electron chi connectivity index (χ4n) is 1.60. The maximum Gasteiger partial charge on any atom is 0.194 e. The topological polar surface area (TPSA) is 38.0 Å². The number of hydrogen-bond acceptors (Lipinski definition) is 3. The van der Waals surface area contributed by atoms with Gasteiger partial charge in [0.15, 0.2) is 17.5 Å². The smallest absolute Gasteiger partial charge is 0.194 e. The second kappa shape index (κ2) is 5.40. The normalized spacial score (nSPS) is 12.7. The van der Waals surface area contributed by atoms with Crippen LogP contribution in [0.1, 0.15) is 17.2 Å². The second-order valence-electron chi connectivity index (χ2n) is 3.55. The Bertz CT molecular complexity index is 573. The van der Waals surface area contributed by atoms with Gasteiger partial charge in [-0.3, -0.25) is 5.84 Å². The Morgan fingerprint density at radius 1 is 1.22 bits per heavy atom. The summed E-state index contributed by atoms with van der Waals surface area (Å²) in [5, 5.41) is 1.75. The van der Waals surface area contributed by atoms with Gasteiger partial charge in [-0.05, 0) is 39.0 Å². The van der Waals surface area contributed by atoms with E-state index in [9.17, 15) is 13.2 Å². The Hall–Kier alpha value is -0.890. The molecule has 0 saturated heterocycles. The van der Waals surface area contributed by atoms with Crippen molar-refractivity contribution in [3.05, 3.63) is 55.9 Å². The van der Waals surface area contributed by atoms with Gasteiger partial charge in [0, 0.05) is 5.56 Å². The average molecular weight is 337 g/mol. The first-order chi connectivity index (χ1) is 8.54. The molecule has 18 heavy (non-hydrogen) atoms. The summed E-state index contributed by atoms with van der Waals surface area (Å²) in [4.78, 5) is 0. The lowest BCUT2D eigenvalue weighted by Crippen LogP contribution is -2.29. The summed E-state index contributed by atoms with van der Waals surface area (Å²) < 4.78 is 40.6.